The van der Waals surface area contributed by atoms with Crippen LogP contribution in [-0.2, 0) is 14.8 Å². The topological polar surface area (TPSA) is 120 Å². The molecule has 1 aliphatic heterocycles. The molecule has 5 rings (SSSR count). The molecule has 1 aliphatic rings. The van der Waals surface area contributed by atoms with Gasteiger partial charge in [-0.3, -0.25) is 4.79 Å². The van der Waals surface area contributed by atoms with Crippen molar-refractivity contribution >= 4 is 48.8 Å². The van der Waals surface area contributed by atoms with E-state index < -0.39 is 21.7 Å². The number of nitrogens with zero attached hydrogens (tertiary/aromatic N) is 4. The Morgan fingerprint density at radius 3 is 2.31 bits per heavy atom. The molecule has 11 nitrogen and oxygen atoms in total. The number of ether oxygens (including phenoxy) is 4. The molecule has 0 atom stereocenters. The van der Waals surface area contributed by atoms with Gasteiger partial charge in [0, 0.05) is 24.2 Å². The third-order valence-electron chi connectivity index (χ3n) is 6.43. The number of thiazole rings is 1. The molecule has 1 amide bonds. The van der Waals surface area contributed by atoms with Crippen LogP contribution < -0.4 is 19.2 Å². The molecule has 0 spiro atoms. The first kappa shape index (κ1) is 29.4. The summed E-state index contributed by atoms with van der Waals surface area (Å²) in [5, 5.41) is 5.70. The SMILES string of the molecule is COc1cc(/C=N/N(C(=O)c2ccc(S(=O)(=O)N3CCOCC3)cc2)c2nc3ccc(F)cc3s2)cc(OC)c1OC. The van der Waals surface area contributed by atoms with Gasteiger partial charge in [0.25, 0.3) is 5.91 Å². The van der Waals surface area contributed by atoms with Crippen molar-refractivity contribution in [3.05, 3.63) is 71.5 Å². The summed E-state index contributed by atoms with van der Waals surface area (Å²) < 4.78 is 63.3. The standard InChI is InChI=1S/C28H27FN4O7S2/c1-37-23-14-18(15-24(38-2)26(23)39-3)17-30-33(28-31-22-9-6-20(29)16-25(22)41-28)27(34)19-4-7-21(8-5-19)42(35,36)32-10-12-40-13-11-32/h4-9,14-17H,10-13H2,1-3H3/b30-17+. The summed E-state index contributed by atoms with van der Waals surface area (Å²) in [6.07, 6.45) is 1.42. The molecule has 1 saturated heterocycles. The molecule has 0 unspecified atom stereocenters. The molecule has 42 heavy (non-hydrogen) atoms. The molecule has 220 valence electrons. The number of rotatable bonds is 9. The molecule has 0 saturated carbocycles. The van der Waals surface area contributed by atoms with Gasteiger partial charge in [0.05, 0.1) is 55.9 Å². The first-order valence-electron chi connectivity index (χ1n) is 12.7. The highest BCUT2D eigenvalue weighted by molar-refractivity contribution is 7.89. The minimum absolute atomic E-state index is 0.0592. The average Bonchev–Trinajstić information content (AvgIpc) is 3.43. The van der Waals surface area contributed by atoms with E-state index in [2.05, 4.69) is 10.1 Å². The van der Waals surface area contributed by atoms with Crippen LogP contribution in [0.3, 0.4) is 0 Å². The Kier molecular flexibility index (Phi) is 8.68. The minimum atomic E-state index is -3.74. The second-order valence-electron chi connectivity index (χ2n) is 8.97. The maximum atomic E-state index is 13.9. The molecule has 0 aliphatic carbocycles. The molecular weight excluding hydrogens is 587 g/mol. The molecular formula is C28H27FN4O7S2. The summed E-state index contributed by atoms with van der Waals surface area (Å²) in [4.78, 5) is 18.3. The molecule has 3 aromatic carbocycles. The van der Waals surface area contributed by atoms with E-state index >= 15 is 0 Å². The zero-order valence-electron chi connectivity index (χ0n) is 22.9. The quantitative estimate of drug-likeness (QED) is 0.204. The average molecular weight is 615 g/mol. The van der Waals surface area contributed by atoms with Crippen molar-refractivity contribution in [2.75, 3.05) is 52.6 Å². The van der Waals surface area contributed by atoms with Crippen molar-refractivity contribution in [3.8, 4) is 17.2 Å². The van der Waals surface area contributed by atoms with Crippen LogP contribution in [0.15, 0.2) is 64.6 Å². The Labute approximate surface area is 245 Å². The fourth-order valence-electron chi connectivity index (χ4n) is 4.29. The van der Waals surface area contributed by atoms with E-state index in [0.29, 0.717) is 46.2 Å². The van der Waals surface area contributed by atoms with E-state index in [4.69, 9.17) is 18.9 Å². The van der Waals surface area contributed by atoms with E-state index in [1.54, 1.807) is 12.1 Å². The zero-order valence-corrected chi connectivity index (χ0v) is 24.6. The highest BCUT2D eigenvalue weighted by Crippen LogP contribution is 2.38. The Bertz CT molecular complexity index is 1710. The largest absolute Gasteiger partial charge is 0.493 e. The highest BCUT2D eigenvalue weighted by Gasteiger charge is 2.27. The number of carbonyl (C=O) groups is 1. The van der Waals surface area contributed by atoms with Crippen LogP contribution in [0.2, 0.25) is 0 Å². The van der Waals surface area contributed by atoms with Gasteiger partial charge in [0.15, 0.2) is 11.5 Å². The van der Waals surface area contributed by atoms with E-state index in [1.807, 2.05) is 0 Å². The minimum Gasteiger partial charge on any atom is -0.493 e. The Hall–Kier alpha value is -4.11. The van der Waals surface area contributed by atoms with Gasteiger partial charge in [-0.2, -0.15) is 14.4 Å². The normalized spacial score (nSPS) is 14.3. The van der Waals surface area contributed by atoms with Gasteiger partial charge in [-0.15, -0.1) is 0 Å². The predicted octanol–water partition coefficient (Wildman–Crippen LogP) is 4.16. The third-order valence-corrected chi connectivity index (χ3v) is 9.34. The van der Waals surface area contributed by atoms with Crippen LogP contribution in [0.25, 0.3) is 10.2 Å². The van der Waals surface area contributed by atoms with Crippen LogP contribution in [-0.4, -0.2) is 77.5 Å². The fraction of sp³-hybridized carbons (Fsp3) is 0.250. The first-order chi connectivity index (χ1) is 20.2. The highest BCUT2D eigenvalue weighted by atomic mass is 32.2. The number of carbonyl (C=O) groups excluding carboxylic acids is 1. The maximum Gasteiger partial charge on any atom is 0.280 e. The van der Waals surface area contributed by atoms with Crippen molar-refractivity contribution in [2.45, 2.75) is 4.90 Å². The van der Waals surface area contributed by atoms with E-state index in [1.165, 1.54) is 74.3 Å². The molecule has 4 aromatic rings. The fourth-order valence-corrected chi connectivity index (χ4v) is 6.65. The summed E-state index contributed by atoms with van der Waals surface area (Å²) in [6, 6.07) is 13.0. The van der Waals surface area contributed by atoms with Crippen LogP contribution in [0, 0.1) is 5.82 Å². The lowest BCUT2D eigenvalue weighted by Gasteiger charge is -2.26. The van der Waals surface area contributed by atoms with Gasteiger partial charge in [-0.1, -0.05) is 11.3 Å². The number of amides is 1. The third kappa shape index (κ3) is 5.92. The summed E-state index contributed by atoms with van der Waals surface area (Å²) in [5.41, 5.74) is 1.19. The number of benzene rings is 3. The molecule has 0 radical (unpaired) electrons. The summed E-state index contributed by atoms with van der Waals surface area (Å²) in [6.45, 7) is 1.15. The van der Waals surface area contributed by atoms with Crippen molar-refractivity contribution in [2.24, 2.45) is 5.10 Å². The smallest absolute Gasteiger partial charge is 0.280 e. The molecule has 0 bridgehead atoms. The maximum absolute atomic E-state index is 13.9. The van der Waals surface area contributed by atoms with Gasteiger partial charge in [0.1, 0.15) is 5.82 Å². The second-order valence-corrected chi connectivity index (χ2v) is 11.9. The lowest BCUT2D eigenvalue weighted by Crippen LogP contribution is -2.40. The number of hydrogen-bond acceptors (Lipinski definition) is 10. The van der Waals surface area contributed by atoms with E-state index in [0.717, 1.165) is 16.3 Å². The van der Waals surface area contributed by atoms with E-state index in [9.17, 15) is 17.6 Å². The van der Waals surface area contributed by atoms with Crippen molar-refractivity contribution in [1.29, 1.82) is 0 Å². The molecule has 1 fully saturated rings. The van der Waals surface area contributed by atoms with E-state index in [-0.39, 0.29) is 28.7 Å². The monoisotopic (exact) mass is 614 g/mol. The lowest BCUT2D eigenvalue weighted by molar-refractivity contribution is 0.0730. The van der Waals surface area contributed by atoms with Crippen LogP contribution in [0.5, 0.6) is 17.2 Å². The zero-order chi connectivity index (χ0) is 29.9. The van der Waals surface area contributed by atoms with Crippen molar-refractivity contribution in [1.82, 2.24) is 9.29 Å². The Morgan fingerprint density at radius 2 is 1.69 bits per heavy atom. The number of fused-ring (bicyclic) bond motifs is 1. The lowest BCUT2D eigenvalue weighted by atomic mass is 10.2. The van der Waals surface area contributed by atoms with Crippen LogP contribution in [0.1, 0.15) is 15.9 Å². The molecule has 14 heteroatoms. The van der Waals surface area contributed by atoms with Gasteiger partial charge in [0.2, 0.25) is 20.9 Å². The van der Waals surface area contributed by atoms with Crippen LogP contribution in [0.4, 0.5) is 9.52 Å². The number of halogens is 1. The number of anilines is 1. The number of methoxy groups -OCH3 is 3. The number of aromatic nitrogens is 1. The van der Waals surface area contributed by atoms with Gasteiger partial charge < -0.3 is 18.9 Å². The molecule has 1 aromatic heterocycles. The van der Waals surface area contributed by atoms with Crippen LogP contribution >= 0.6 is 11.3 Å². The summed E-state index contributed by atoms with van der Waals surface area (Å²) >= 11 is 1.08. The van der Waals surface area contributed by atoms with Gasteiger partial charge >= 0.3 is 0 Å². The number of sulfonamides is 1. The van der Waals surface area contributed by atoms with Gasteiger partial charge in [-0.25, -0.2) is 17.8 Å². The molecule has 2 heterocycles. The van der Waals surface area contributed by atoms with Gasteiger partial charge in [-0.05, 0) is 54.6 Å². The van der Waals surface area contributed by atoms with Crippen molar-refractivity contribution in [3.63, 3.8) is 0 Å². The number of hydrazone groups is 1. The number of hydrogen-bond donors (Lipinski definition) is 0. The Morgan fingerprint density at radius 1 is 1.02 bits per heavy atom. The number of morpholine rings is 1. The summed E-state index contributed by atoms with van der Waals surface area (Å²) in [7, 11) is 0.710. The molecule has 0 N–H and O–H groups in total. The summed E-state index contributed by atoms with van der Waals surface area (Å²) in [5.74, 6) is 0.167. The first-order valence-corrected chi connectivity index (χ1v) is 14.9. The predicted molar refractivity (Wildman–Crippen MR) is 156 cm³/mol. The van der Waals surface area contributed by atoms with Crippen molar-refractivity contribution < 1.29 is 36.6 Å². The Balaban J connectivity index is 1.51. The second kappa shape index (κ2) is 12.4.